The zero-order valence-electron chi connectivity index (χ0n) is 31.9. The SMILES string of the molecule is COc1ccc(COC[C@@H](CC2(C[C@H](COCc3ccc(OC)cc3)O[Si](C)(C)C(C)(C)C)SCCCS2)O[Si](C)(C)C(C)(C)C)cc1. The van der Waals surface area contributed by atoms with E-state index in [9.17, 15) is 0 Å². The number of ether oxygens (including phenoxy) is 4. The Morgan fingerprint density at radius 3 is 1.29 bits per heavy atom. The summed E-state index contributed by atoms with van der Waals surface area (Å²) in [6.45, 7) is 25.5. The van der Waals surface area contributed by atoms with Crippen LogP contribution in [0, 0.1) is 0 Å². The van der Waals surface area contributed by atoms with Crippen molar-refractivity contribution in [3.63, 3.8) is 0 Å². The fourth-order valence-corrected chi connectivity index (χ4v) is 11.4. The number of hydrogen-bond donors (Lipinski definition) is 0. The highest BCUT2D eigenvalue weighted by molar-refractivity contribution is 8.18. The highest BCUT2D eigenvalue weighted by atomic mass is 32.2. The van der Waals surface area contributed by atoms with Gasteiger partial charge in [0, 0.05) is 0 Å². The minimum atomic E-state index is -2.07. The summed E-state index contributed by atoms with van der Waals surface area (Å²) in [7, 11) is -0.748. The lowest BCUT2D eigenvalue weighted by atomic mass is 10.1. The lowest BCUT2D eigenvalue weighted by molar-refractivity contribution is 0.0157. The van der Waals surface area contributed by atoms with E-state index in [1.807, 2.05) is 24.3 Å². The molecule has 0 bridgehead atoms. The highest BCUT2D eigenvalue weighted by Gasteiger charge is 2.46. The smallest absolute Gasteiger partial charge is 0.192 e. The van der Waals surface area contributed by atoms with E-state index in [4.69, 9.17) is 27.8 Å². The third-order valence-electron chi connectivity index (χ3n) is 10.1. The molecular weight excluding hydrogens is 673 g/mol. The minimum Gasteiger partial charge on any atom is -0.497 e. The molecule has 1 heterocycles. The molecule has 48 heavy (non-hydrogen) atoms. The first kappa shape index (κ1) is 41.4. The van der Waals surface area contributed by atoms with E-state index in [0.29, 0.717) is 26.4 Å². The zero-order valence-corrected chi connectivity index (χ0v) is 35.5. The van der Waals surface area contributed by atoms with E-state index in [1.54, 1.807) is 14.2 Å². The first-order valence-electron chi connectivity index (χ1n) is 17.4. The monoisotopic (exact) mass is 736 g/mol. The number of hydrogen-bond acceptors (Lipinski definition) is 8. The Balaban J connectivity index is 1.84. The van der Waals surface area contributed by atoms with Crippen LogP contribution in [0.15, 0.2) is 48.5 Å². The molecule has 0 N–H and O–H groups in total. The average Bonchev–Trinajstić information content (AvgIpc) is 3.00. The summed E-state index contributed by atoms with van der Waals surface area (Å²) in [6, 6.07) is 16.3. The summed E-state index contributed by atoms with van der Waals surface area (Å²) >= 11 is 4.19. The molecule has 0 aromatic heterocycles. The molecule has 10 heteroatoms. The fraction of sp³-hybridized carbons (Fsp3) is 0.684. The van der Waals surface area contributed by atoms with Gasteiger partial charge in [0.1, 0.15) is 11.5 Å². The van der Waals surface area contributed by atoms with Gasteiger partial charge in [-0.1, -0.05) is 65.8 Å². The minimum absolute atomic E-state index is 0.0176. The Hall–Kier alpha value is -0.986. The molecule has 1 aliphatic rings. The third kappa shape index (κ3) is 12.7. The Labute approximate surface area is 303 Å². The van der Waals surface area contributed by atoms with E-state index >= 15 is 0 Å². The molecule has 0 radical (unpaired) electrons. The molecule has 0 saturated carbocycles. The first-order valence-corrected chi connectivity index (χ1v) is 25.2. The molecule has 2 aromatic carbocycles. The molecule has 2 aromatic rings. The zero-order chi connectivity index (χ0) is 35.6. The van der Waals surface area contributed by atoms with E-state index in [2.05, 4.69) is 116 Å². The predicted molar refractivity (Wildman–Crippen MR) is 211 cm³/mol. The van der Waals surface area contributed by atoms with Crippen LogP contribution in [0.2, 0.25) is 36.3 Å². The van der Waals surface area contributed by atoms with Crippen LogP contribution in [0.3, 0.4) is 0 Å². The molecule has 0 unspecified atom stereocenters. The molecular formula is C38H64O6S2Si2. The van der Waals surface area contributed by atoms with Crippen LogP contribution >= 0.6 is 23.5 Å². The predicted octanol–water partition coefficient (Wildman–Crippen LogP) is 10.6. The number of rotatable bonds is 18. The van der Waals surface area contributed by atoms with Gasteiger partial charge in [0.2, 0.25) is 0 Å². The fourth-order valence-electron chi connectivity index (χ4n) is 5.15. The average molecular weight is 737 g/mol. The van der Waals surface area contributed by atoms with E-state index in [-0.39, 0.29) is 26.4 Å². The van der Waals surface area contributed by atoms with Crippen molar-refractivity contribution < 1.29 is 27.8 Å². The van der Waals surface area contributed by atoms with E-state index < -0.39 is 16.6 Å². The maximum absolute atomic E-state index is 7.19. The number of methoxy groups -OCH3 is 2. The molecule has 2 atom stereocenters. The van der Waals surface area contributed by atoms with Crippen molar-refractivity contribution in [2.24, 2.45) is 0 Å². The molecule has 3 rings (SSSR count). The lowest BCUT2D eigenvalue weighted by Gasteiger charge is -2.46. The van der Waals surface area contributed by atoms with E-state index in [1.165, 1.54) is 6.42 Å². The van der Waals surface area contributed by atoms with Crippen LogP contribution in [-0.2, 0) is 31.5 Å². The highest BCUT2D eigenvalue weighted by Crippen LogP contribution is 2.51. The molecule has 0 spiro atoms. The van der Waals surface area contributed by atoms with Crippen molar-refractivity contribution in [3.05, 3.63) is 59.7 Å². The standard InChI is InChI=1S/C38H64O6S2Si2/c1-36(2,3)47(9,10)43-34(28-41-26-30-14-18-32(39-7)19-15-30)24-38(45-22-13-23-46-38)25-35(44-48(11,12)37(4,5)6)29-42-27-31-16-20-33(40-8)21-17-31/h14-21,34-35H,13,22-29H2,1-12H3/t34-,35-/m1/s1. The van der Waals surface area contributed by atoms with Gasteiger partial charge in [-0.05, 0) is 102 Å². The van der Waals surface area contributed by atoms with Crippen molar-refractivity contribution in [2.75, 3.05) is 38.9 Å². The van der Waals surface area contributed by atoms with Gasteiger partial charge in [-0.25, -0.2) is 0 Å². The van der Waals surface area contributed by atoms with Crippen molar-refractivity contribution in [3.8, 4) is 11.5 Å². The first-order chi connectivity index (χ1) is 22.4. The number of benzene rings is 2. The largest absolute Gasteiger partial charge is 0.497 e. The summed E-state index contributed by atoms with van der Waals surface area (Å²) in [5.41, 5.74) is 2.27. The van der Waals surface area contributed by atoms with Crippen LogP contribution in [0.5, 0.6) is 11.5 Å². The molecule has 0 aliphatic carbocycles. The normalized spacial score (nSPS) is 17.2. The van der Waals surface area contributed by atoms with Gasteiger partial charge in [0.15, 0.2) is 16.6 Å². The van der Waals surface area contributed by atoms with Gasteiger partial charge in [-0.3, -0.25) is 0 Å². The van der Waals surface area contributed by atoms with Gasteiger partial charge in [-0.2, -0.15) is 0 Å². The van der Waals surface area contributed by atoms with Gasteiger partial charge in [-0.15, -0.1) is 23.5 Å². The van der Waals surface area contributed by atoms with Crippen molar-refractivity contribution in [1.29, 1.82) is 0 Å². The molecule has 0 amide bonds. The summed E-state index contributed by atoms with van der Waals surface area (Å²) in [6.07, 6.45) is 3.01. The van der Waals surface area contributed by atoms with Crippen molar-refractivity contribution >= 4 is 40.2 Å². The summed E-state index contributed by atoms with van der Waals surface area (Å²) in [4.78, 5) is 0. The maximum atomic E-state index is 7.19. The van der Waals surface area contributed by atoms with Crippen LogP contribution < -0.4 is 9.47 Å². The third-order valence-corrected chi connectivity index (χ3v) is 22.6. The molecule has 1 aliphatic heterocycles. The van der Waals surface area contributed by atoms with Crippen molar-refractivity contribution in [1.82, 2.24) is 0 Å². The van der Waals surface area contributed by atoms with Crippen LogP contribution in [0.4, 0.5) is 0 Å². The maximum Gasteiger partial charge on any atom is 0.192 e. The van der Waals surface area contributed by atoms with Gasteiger partial charge >= 0.3 is 0 Å². The Bertz CT molecular complexity index is 1130. The number of thioether (sulfide) groups is 2. The van der Waals surface area contributed by atoms with Crippen molar-refractivity contribution in [2.45, 2.75) is 127 Å². The summed E-state index contributed by atoms with van der Waals surface area (Å²) < 4.78 is 37.9. The molecule has 1 saturated heterocycles. The van der Waals surface area contributed by atoms with Gasteiger partial charge in [0.25, 0.3) is 0 Å². The summed E-state index contributed by atoms with van der Waals surface area (Å²) in [5.74, 6) is 4.00. The second-order valence-electron chi connectivity index (χ2n) is 16.1. The Kier molecular flexibility index (Phi) is 15.5. The summed E-state index contributed by atoms with van der Waals surface area (Å²) in [5, 5.41) is 0.203. The molecule has 6 nitrogen and oxygen atoms in total. The van der Waals surface area contributed by atoms with Gasteiger partial charge < -0.3 is 27.8 Å². The van der Waals surface area contributed by atoms with Crippen LogP contribution in [0.25, 0.3) is 0 Å². The Morgan fingerprint density at radius 2 is 0.979 bits per heavy atom. The quantitative estimate of drug-likeness (QED) is 0.140. The second kappa shape index (κ2) is 18.0. The van der Waals surface area contributed by atoms with Crippen LogP contribution in [-0.4, -0.2) is 71.9 Å². The second-order valence-corrected chi connectivity index (χ2v) is 28.8. The Morgan fingerprint density at radius 1 is 0.625 bits per heavy atom. The lowest BCUT2D eigenvalue weighted by Crippen LogP contribution is -2.49. The molecule has 272 valence electrons. The molecule has 1 fully saturated rings. The van der Waals surface area contributed by atoms with Gasteiger partial charge in [0.05, 0.1) is 56.9 Å². The van der Waals surface area contributed by atoms with E-state index in [0.717, 1.165) is 47.0 Å². The van der Waals surface area contributed by atoms with Crippen LogP contribution in [0.1, 0.15) is 71.9 Å². The topological polar surface area (TPSA) is 55.4 Å².